The van der Waals surface area contributed by atoms with Gasteiger partial charge in [0, 0.05) is 32.7 Å². The number of hydrogen-bond donors (Lipinski definition) is 1. The van der Waals surface area contributed by atoms with Gasteiger partial charge in [-0.25, -0.2) is 0 Å². The lowest BCUT2D eigenvalue weighted by atomic mass is 10.2. The molecule has 1 fully saturated rings. The van der Waals surface area contributed by atoms with E-state index in [9.17, 15) is 0 Å². The Bertz CT molecular complexity index is 410. The van der Waals surface area contributed by atoms with Crippen molar-refractivity contribution in [2.24, 2.45) is 10.9 Å². The van der Waals surface area contributed by atoms with Crippen LogP contribution in [0.15, 0.2) is 29.4 Å². The third-order valence-corrected chi connectivity index (χ3v) is 3.59. The molecule has 0 radical (unpaired) electrons. The van der Waals surface area contributed by atoms with Gasteiger partial charge in [-0.15, -0.1) is 0 Å². The second-order valence-electron chi connectivity index (χ2n) is 5.19. The molecule has 0 spiro atoms. The smallest absolute Gasteiger partial charge is 0.119 e. The van der Waals surface area contributed by atoms with Crippen LogP contribution in [0.1, 0.15) is 12.0 Å². The second-order valence-corrected chi connectivity index (χ2v) is 5.19. The molecule has 0 aliphatic carbocycles. The quantitative estimate of drug-likeness (QED) is 0.364. The topological polar surface area (TPSA) is 54.1 Å². The fourth-order valence-corrected chi connectivity index (χ4v) is 2.29. The monoisotopic (exact) mass is 276 g/mol. The summed E-state index contributed by atoms with van der Waals surface area (Å²) in [5, 5.41) is 3.49. The van der Waals surface area contributed by atoms with E-state index in [1.54, 1.807) is 6.21 Å². The van der Waals surface area contributed by atoms with E-state index in [-0.39, 0.29) is 0 Å². The van der Waals surface area contributed by atoms with Gasteiger partial charge >= 0.3 is 0 Å². The first-order valence-electron chi connectivity index (χ1n) is 7.15. The Hall–Kier alpha value is -1.59. The van der Waals surface area contributed by atoms with Crippen LogP contribution in [0.25, 0.3) is 0 Å². The zero-order chi connectivity index (χ0) is 14.2. The fourth-order valence-electron chi connectivity index (χ4n) is 2.29. The van der Waals surface area contributed by atoms with Crippen LogP contribution in [0.2, 0.25) is 0 Å². The van der Waals surface area contributed by atoms with Gasteiger partial charge in [-0.05, 0) is 43.3 Å². The summed E-state index contributed by atoms with van der Waals surface area (Å²) in [4.78, 5) is 4.88. The lowest BCUT2D eigenvalue weighted by Gasteiger charge is -2.32. The zero-order valence-electron chi connectivity index (χ0n) is 12.2. The first-order chi connectivity index (χ1) is 9.78. The predicted molar refractivity (Wildman–Crippen MR) is 82.3 cm³/mol. The highest BCUT2D eigenvalue weighted by Gasteiger charge is 2.12. The highest BCUT2D eigenvalue weighted by Crippen LogP contribution is 2.11. The molecule has 110 valence electrons. The summed E-state index contributed by atoms with van der Waals surface area (Å²) in [6.07, 6.45) is 2.69. The molecule has 0 atom stereocenters. The summed E-state index contributed by atoms with van der Waals surface area (Å²) < 4.78 is 5.74. The van der Waals surface area contributed by atoms with Gasteiger partial charge in [-0.3, -0.25) is 0 Å². The molecule has 0 amide bonds. The van der Waals surface area contributed by atoms with Crippen molar-refractivity contribution < 1.29 is 4.74 Å². The lowest BCUT2D eigenvalue weighted by Crippen LogP contribution is -2.44. The van der Waals surface area contributed by atoms with Crippen molar-refractivity contribution in [3.8, 4) is 5.75 Å². The third kappa shape index (κ3) is 4.83. The largest absolute Gasteiger partial charge is 0.494 e. The Morgan fingerprint density at radius 3 is 2.55 bits per heavy atom. The van der Waals surface area contributed by atoms with E-state index in [2.05, 4.69) is 21.9 Å². The molecule has 20 heavy (non-hydrogen) atoms. The average Bonchev–Trinajstić information content (AvgIpc) is 2.47. The van der Waals surface area contributed by atoms with Crippen molar-refractivity contribution in [3.05, 3.63) is 29.8 Å². The molecule has 1 aromatic carbocycles. The summed E-state index contributed by atoms with van der Waals surface area (Å²) in [7, 11) is 2.18. The molecule has 1 saturated heterocycles. The fraction of sp³-hybridized carbons (Fsp3) is 0.533. The third-order valence-electron chi connectivity index (χ3n) is 3.59. The predicted octanol–water partition coefficient (Wildman–Crippen LogP) is 0.995. The van der Waals surface area contributed by atoms with Gasteiger partial charge in [-0.2, -0.15) is 5.10 Å². The number of piperazine rings is 1. The van der Waals surface area contributed by atoms with Crippen LogP contribution in [0.3, 0.4) is 0 Å². The molecule has 0 aromatic heterocycles. The van der Waals surface area contributed by atoms with Gasteiger partial charge < -0.3 is 20.4 Å². The molecule has 0 unspecified atom stereocenters. The van der Waals surface area contributed by atoms with Crippen LogP contribution in [0.5, 0.6) is 5.75 Å². The Morgan fingerprint density at radius 2 is 1.90 bits per heavy atom. The van der Waals surface area contributed by atoms with E-state index in [0.717, 1.165) is 30.9 Å². The first kappa shape index (κ1) is 14.8. The number of ether oxygens (including phenoxy) is 1. The SMILES string of the molecule is CN1CCN(CCCOc2ccc(C=NN)cc2)CC1. The molecular formula is C15H24N4O. The molecule has 5 nitrogen and oxygen atoms in total. The Labute approximate surface area is 121 Å². The molecule has 0 bridgehead atoms. The molecule has 1 aliphatic heterocycles. The maximum Gasteiger partial charge on any atom is 0.119 e. The number of rotatable bonds is 6. The van der Waals surface area contributed by atoms with Crippen molar-refractivity contribution >= 4 is 6.21 Å². The van der Waals surface area contributed by atoms with Crippen LogP contribution in [-0.2, 0) is 0 Å². The van der Waals surface area contributed by atoms with E-state index in [1.807, 2.05) is 24.3 Å². The first-order valence-corrected chi connectivity index (χ1v) is 7.15. The molecule has 2 N–H and O–H groups in total. The Kier molecular flexibility index (Phi) is 5.83. The van der Waals surface area contributed by atoms with Gasteiger partial charge in [0.15, 0.2) is 0 Å². The van der Waals surface area contributed by atoms with E-state index in [0.29, 0.717) is 0 Å². The van der Waals surface area contributed by atoms with Crippen LogP contribution >= 0.6 is 0 Å². The summed E-state index contributed by atoms with van der Waals surface area (Å²) in [6.45, 7) is 6.56. The molecule has 5 heteroatoms. The highest BCUT2D eigenvalue weighted by atomic mass is 16.5. The number of nitrogens with zero attached hydrogens (tertiary/aromatic N) is 3. The van der Waals surface area contributed by atoms with Crippen molar-refractivity contribution in [3.63, 3.8) is 0 Å². The van der Waals surface area contributed by atoms with Crippen molar-refractivity contribution in [2.45, 2.75) is 6.42 Å². The molecule has 1 heterocycles. The average molecular weight is 276 g/mol. The lowest BCUT2D eigenvalue weighted by molar-refractivity contribution is 0.145. The van der Waals surface area contributed by atoms with Crippen molar-refractivity contribution in [1.29, 1.82) is 0 Å². The molecular weight excluding hydrogens is 252 g/mol. The number of hydrazone groups is 1. The van der Waals surface area contributed by atoms with Gasteiger partial charge in [0.25, 0.3) is 0 Å². The normalized spacial score (nSPS) is 17.6. The minimum Gasteiger partial charge on any atom is -0.494 e. The molecule has 0 saturated carbocycles. The van der Waals surface area contributed by atoms with E-state index in [1.165, 1.54) is 26.2 Å². The molecule has 1 aliphatic rings. The van der Waals surface area contributed by atoms with E-state index >= 15 is 0 Å². The molecule has 2 rings (SSSR count). The molecule has 1 aromatic rings. The van der Waals surface area contributed by atoms with Gasteiger partial charge in [0.1, 0.15) is 5.75 Å². The Morgan fingerprint density at radius 1 is 1.20 bits per heavy atom. The van der Waals surface area contributed by atoms with Crippen molar-refractivity contribution in [2.75, 3.05) is 46.4 Å². The number of nitrogens with two attached hydrogens (primary N) is 1. The second kappa shape index (κ2) is 7.87. The minimum atomic E-state index is 0.761. The summed E-state index contributed by atoms with van der Waals surface area (Å²) in [5.74, 6) is 6.01. The standard InChI is InChI=1S/C15H24N4O/c1-18-8-10-19(11-9-18)7-2-12-20-15-5-3-14(4-6-15)13-17-16/h3-6,13H,2,7-12,16H2,1H3. The minimum absolute atomic E-state index is 0.761. The number of likely N-dealkylation sites (N-methyl/N-ethyl adjacent to an activating group) is 1. The number of benzene rings is 1. The van der Waals surface area contributed by atoms with E-state index < -0.39 is 0 Å². The maximum absolute atomic E-state index is 5.74. The number of hydrogen-bond acceptors (Lipinski definition) is 5. The summed E-state index contributed by atoms with van der Waals surface area (Å²) in [5.41, 5.74) is 0.984. The van der Waals surface area contributed by atoms with Crippen LogP contribution in [0, 0.1) is 0 Å². The Balaban J connectivity index is 1.63. The van der Waals surface area contributed by atoms with Gasteiger partial charge in [0.05, 0.1) is 12.8 Å². The highest BCUT2D eigenvalue weighted by molar-refractivity contribution is 5.79. The van der Waals surface area contributed by atoms with Crippen LogP contribution < -0.4 is 10.6 Å². The van der Waals surface area contributed by atoms with Crippen LogP contribution in [0.4, 0.5) is 0 Å². The summed E-state index contributed by atoms with van der Waals surface area (Å²) >= 11 is 0. The van der Waals surface area contributed by atoms with Gasteiger partial charge in [-0.1, -0.05) is 0 Å². The van der Waals surface area contributed by atoms with Gasteiger partial charge in [0.2, 0.25) is 0 Å². The zero-order valence-corrected chi connectivity index (χ0v) is 12.2. The van der Waals surface area contributed by atoms with E-state index in [4.69, 9.17) is 10.6 Å². The maximum atomic E-state index is 5.74. The van der Waals surface area contributed by atoms with Crippen LogP contribution in [-0.4, -0.2) is 62.4 Å². The van der Waals surface area contributed by atoms with Crippen molar-refractivity contribution in [1.82, 2.24) is 9.80 Å². The summed E-state index contributed by atoms with van der Waals surface area (Å²) in [6, 6.07) is 7.80.